The molecule has 0 radical (unpaired) electrons. The summed E-state index contributed by atoms with van der Waals surface area (Å²) >= 11 is 1.11. The van der Waals surface area contributed by atoms with Gasteiger partial charge in [0.25, 0.3) is 0 Å². The Labute approximate surface area is 113 Å². The Morgan fingerprint density at radius 3 is 2.68 bits per heavy atom. The number of aromatic carboxylic acids is 1. The van der Waals surface area contributed by atoms with Crippen LogP contribution in [0, 0.1) is 0 Å². The van der Waals surface area contributed by atoms with E-state index in [4.69, 9.17) is 0 Å². The van der Waals surface area contributed by atoms with Crippen LogP contribution in [0.1, 0.15) is 35.5 Å². The molecule has 0 aliphatic carbocycles. The molecule has 2 N–H and O–H groups in total. The lowest BCUT2D eigenvalue weighted by Gasteiger charge is -2.10. The number of carboxylic acid groups (broad SMARTS) is 1. The monoisotopic (exact) mass is 279 g/mol. The zero-order chi connectivity index (χ0) is 13.8. The van der Waals surface area contributed by atoms with Crippen molar-refractivity contribution in [3.05, 3.63) is 23.1 Å². The van der Waals surface area contributed by atoms with Gasteiger partial charge in [-0.1, -0.05) is 13.8 Å². The first-order valence-electron chi connectivity index (χ1n) is 5.82. The number of aryl methyl sites for hydroxylation is 1. The molecule has 0 aliphatic heterocycles. The molecule has 2 heterocycles. The summed E-state index contributed by atoms with van der Waals surface area (Å²) in [6, 6.07) is 0. The molecule has 0 unspecified atom stereocenters. The highest BCUT2D eigenvalue weighted by atomic mass is 32.2. The summed E-state index contributed by atoms with van der Waals surface area (Å²) < 4.78 is 0. The highest BCUT2D eigenvalue weighted by molar-refractivity contribution is 7.99. The van der Waals surface area contributed by atoms with Crippen molar-refractivity contribution in [3.63, 3.8) is 0 Å². The summed E-state index contributed by atoms with van der Waals surface area (Å²) in [6.07, 6.45) is 2.62. The minimum Gasteiger partial charge on any atom is -0.478 e. The van der Waals surface area contributed by atoms with Gasteiger partial charge in [0.15, 0.2) is 5.16 Å². The number of rotatable bonds is 5. The van der Waals surface area contributed by atoms with E-state index in [1.807, 2.05) is 13.8 Å². The van der Waals surface area contributed by atoms with E-state index in [1.54, 1.807) is 0 Å². The van der Waals surface area contributed by atoms with Gasteiger partial charge in [0.1, 0.15) is 11.4 Å². The lowest BCUT2D eigenvalue weighted by atomic mass is 10.0. The molecule has 7 nitrogen and oxygen atoms in total. The molecule has 0 fully saturated rings. The Morgan fingerprint density at radius 1 is 1.37 bits per heavy atom. The maximum atomic E-state index is 11.5. The van der Waals surface area contributed by atoms with E-state index in [-0.39, 0.29) is 5.56 Å². The van der Waals surface area contributed by atoms with Crippen LogP contribution in [0.2, 0.25) is 0 Å². The van der Waals surface area contributed by atoms with Crippen molar-refractivity contribution in [2.24, 2.45) is 0 Å². The van der Waals surface area contributed by atoms with Gasteiger partial charge in [-0.2, -0.15) is 10.2 Å². The van der Waals surface area contributed by atoms with E-state index in [2.05, 4.69) is 25.4 Å². The molecule has 2 rings (SSSR count). The molecule has 2 aromatic rings. The molecule has 0 aromatic carbocycles. The van der Waals surface area contributed by atoms with Crippen LogP contribution in [-0.4, -0.2) is 36.5 Å². The smallest absolute Gasteiger partial charge is 0.338 e. The molecular weight excluding hydrogens is 266 g/mol. The van der Waals surface area contributed by atoms with Gasteiger partial charge in [0, 0.05) is 0 Å². The predicted molar refractivity (Wildman–Crippen MR) is 68.3 cm³/mol. The highest BCUT2D eigenvalue weighted by Crippen LogP contribution is 2.28. The first-order valence-corrected chi connectivity index (χ1v) is 6.63. The van der Waals surface area contributed by atoms with Crippen LogP contribution in [0.4, 0.5) is 0 Å². The third kappa shape index (κ3) is 2.73. The van der Waals surface area contributed by atoms with Crippen LogP contribution in [-0.2, 0) is 12.8 Å². The van der Waals surface area contributed by atoms with Crippen LogP contribution in [0.15, 0.2) is 16.5 Å². The average Bonchev–Trinajstić information content (AvgIpc) is 2.90. The van der Waals surface area contributed by atoms with Crippen molar-refractivity contribution < 1.29 is 9.90 Å². The summed E-state index contributed by atoms with van der Waals surface area (Å²) in [6.45, 7) is 3.84. The minimum atomic E-state index is -0.997. The number of hydrogen-bond acceptors (Lipinski definition) is 6. The van der Waals surface area contributed by atoms with Gasteiger partial charge in [-0.25, -0.2) is 9.78 Å². The van der Waals surface area contributed by atoms with Gasteiger partial charge in [0.2, 0.25) is 0 Å². The number of H-pyrrole nitrogens is 1. The number of hydrogen-bond donors (Lipinski definition) is 2. The lowest BCUT2D eigenvalue weighted by Crippen LogP contribution is -2.11. The molecule has 8 heteroatoms. The van der Waals surface area contributed by atoms with Crippen molar-refractivity contribution in [1.29, 1.82) is 0 Å². The SMILES string of the molecule is CCc1nnc(Sc2ncn[nH]2)c(C(=O)O)c1CC. The van der Waals surface area contributed by atoms with Gasteiger partial charge in [-0.3, -0.25) is 5.10 Å². The molecule has 0 atom stereocenters. The van der Waals surface area contributed by atoms with Crippen LogP contribution in [0.25, 0.3) is 0 Å². The average molecular weight is 279 g/mol. The van der Waals surface area contributed by atoms with Gasteiger partial charge >= 0.3 is 5.97 Å². The highest BCUT2D eigenvalue weighted by Gasteiger charge is 2.21. The number of aromatic nitrogens is 5. The van der Waals surface area contributed by atoms with E-state index >= 15 is 0 Å². The third-order valence-corrected chi connectivity index (χ3v) is 3.48. The van der Waals surface area contributed by atoms with Crippen LogP contribution >= 0.6 is 11.8 Å². The minimum absolute atomic E-state index is 0.204. The summed E-state index contributed by atoms with van der Waals surface area (Å²) in [5, 5.41) is 24.7. The topological polar surface area (TPSA) is 105 Å². The molecule has 0 aliphatic rings. The van der Waals surface area contributed by atoms with Crippen molar-refractivity contribution >= 4 is 17.7 Å². The van der Waals surface area contributed by atoms with E-state index in [0.29, 0.717) is 23.0 Å². The molecule has 0 spiro atoms. The van der Waals surface area contributed by atoms with Gasteiger partial charge in [-0.05, 0) is 30.2 Å². The molecule has 0 amide bonds. The van der Waals surface area contributed by atoms with E-state index in [9.17, 15) is 9.90 Å². The maximum Gasteiger partial charge on any atom is 0.338 e. The number of carboxylic acids is 1. The van der Waals surface area contributed by atoms with E-state index < -0.39 is 5.97 Å². The Balaban J connectivity index is 2.51. The van der Waals surface area contributed by atoms with Crippen molar-refractivity contribution in [3.8, 4) is 0 Å². The molecule has 0 bridgehead atoms. The maximum absolute atomic E-state index is 11.5. The number of nitrogens with zero attached hydrogens (tertiary/aromatic N) is 4. The molecule has 19 heavy (non-hydrogen) atoms. The number of carbonyl (C=O) groups is 1. The van der Waals surface area contributed by atoms with Gasteiger partial charge < -0.3 is 5.11 Å². The lowest BCUT2D eigenvalue weighted by molar-refractivity contribution is 0.0690. The fourth-order valence-electron chi connectivity index (χ4n) is 1.78. The van der Waals surface area contributed by atoms with Gasteiger partial charge in [0.05, 0.1) is 11.3 Å². The second-order valence-corrected chi connectivity index (χ2v) is 4.69. The Hall–Kier alpha value is -1.96. The summed E-state index contributed by atoms with van der Waals surface area (Å²) in [7, 11) is 0. The van der Waals surface area contributed by atoms with Crippen LogP contribution in [0.3, 0.4) is 0 Å². The van der Waals surface area contributed by atoms with E-state index in [1.165, 1.54) is 6.33 Å². The Morgan fingerprint density at radius 2 is 2.16 bits per heavy atom. The summed E-state index contributed by atoms with van der Waals surface area (Å²) in [4.78, 5) is 15.4. The second kappa shape index (κ2) is 5.79. The zero-order valence-electron chi connectivity index (χ0n) is 10.5. The first-order chi connectivity index (χ1) is 9.17. The van der Waals surface area contributed by atoms with Crippen LogP contribution in [0.5, 0.6) is 0 Å². The fraction of sp³-hybridized carbons (Fsp3) is 0.364. The van der Waals surface area contributed by atoms with Crippen molar-refractivity contribution in [2.45, 2.75) is 36.9 Å². The van der Waals surface area contributed by atoms with E-state index in [0.717, 1.165) is 23.0 Å². The van der Waals surface area contributed by atoms with Gasteiger partial charge in [-0.15, -0.1) is 5.10 Å². The Kier molecular flexibility index (Phi) is 4.10. The Bertz CT molecular complexity index is 585. The number of nitrogens with one attached hydrogen (secondary N) is 1. The molecule has 0 saturated heterocycles. The second-order valence-electron chi connectivity index (χ2n) is 3.71. The van der Waals surface area contributed by atoms with Crippen molar-refractivity contribution in [1.82, 2.24) is 25.4 Å². The quantitative estimate of drug-likeness (QED) is 0.855. The van der Waals surface area contributed by atoms with Crippen molar-refractivity contribution in [2.75, 3.05) is 0 Å². The third-order valence-electron chi connectivity index (χ3n) is 2.61. The normalized spacial score (nSPS) is 10.6. The molecule has 2 aromatic heterocycles. The molecular formula is C11H13N5O2S. The molecule has 100 valence electrons. The standard InChI is InChI=1S/C11H13N5O2S/c1-3-6-7(4-2)14-15-9(8(6)10(17)18)19-11-12-5-13-16-11/h5H,3-4H2,1-2H3,(H,17,18)(H,12,13,16). The predicted octanol–water partition coefficient (Wildman–Crippen LogP) is 1.57. The number of aromatic amines is 1. The first kappa shape index (κ1) is 13.5. The van der Waals surface area contributed by atoms with Crippen LogP contribution < -0.4 is 0 Å². The summed E-state index contributed by atoms with van der Waals surface area (Å²) in [5.41, 5.74) is 1.66. The molecule has 0 saturated carbocycles. The summed E-state index contributed by atoms with van der Waals surface area (Å²) in [5.74, 6) is -0.997. The fourth-order valence-corrected chi connectivity index (χ4v) is 2.56. The zero-order valence-corrected chi connectivity index (χ0v) is 11.4. The largest absolute Gasteiger partial charge is 0.478 e.